The Kier molecular flexibility index (Phi) is 6.05. The van der Waals surface area contributed by atoms with E-state index in [-0.39, 0.29) is 5.91 Å². The van der Waals surface area contributed by atoms with Gasteiger partial charge < -0.3 is 15.0 Å². The molecule has 1 amide bonds. The third-order valence-corrected chi connectivity index (χ3v) is 2.57. The normalized spacial score (nSPS) is 9.94. The van der Waals surface area contributed by atoms with Gasteiger partial charge in [-0.15, -0.1) is 0 Å². The van der Waals surface area contributed by atoms with Crippen LogP contribution in [0.1, 0.15) is 19.8 Å². The number of ether oxygens (including phenoxy) is 1. The Balaban J connectivity index is 2.37. The molecule has 0 bridgehead atoms. The number of anilines is 1. The van der Waals surface area contributed by atoms with Crippen LogP contribution in [-0.2, 0) is 4.79 Å². The SMILES string of the molecule is CCOc1ccccc1NCCCC(=O)N(C)C. The fraction of sp³-hybridized carbons (Fsp3) is 0.500. The van der Waals surface area contributed by atoms with Crippen LogP contribution < -0.4 is 10.1 Å². The topological polar surface area (TPSA) is 41.6 Å². The van der Waals surface area contributed by atoms with Crippen LogP contribution in [0.4, 0.5) is 5.69 Å². The van der Waals surface area contributed by atoms with Crippen LogP contribution in [0.5, 0.6) is 5.75 Å². The van der Waals surface area contributed by atoms with Crippen LogP contribution in [0.15, 0.2) is 24.3 Å². The third kappa shape index (κ3) is 4.65. The second-order valence-electron chi connectivity index (χ2n) is 4.25. The number of carbonyl (C=O) groups is 1. The fourth-order valence-electron chi connectivity index (χ4n) is 1.58. The Morgan fingerprint density at radius 1 is 1.33 bits per heavy atom. The lowest BCUT2D eigenvalue weighted by molar-refractivity contribution is -0.128. The zero-order valence-corrected chi connectivity index (χ0v) is 11.4. The Morgan fingerprint density at radius 3 is 2.72 bits per heavy atom. The average Bonchev–Trinajstić information content (AvgIpc) is 2.36. The van der Waals surface area contributed by atoms with Crippen molar-refractivity contribution in [1.29, 1.82) is 0 Å². The predicted octanol–water partition coefficient (Wildman–Crippen LogP) is 2.37. The molecule has 1 aromatic rings. The molecule has 4 nitrogen and oxygen atoms in total. The van der Waals surface area contributed by atoms with Crippen molar-refractivity contribution in [2.75, 3.05) is 32.6 Å². The van der Waals surface area contributed by atoms with Crippen molar-refractivity contribution in [3.8, 4) is 5.75 Å². The molecule has 0 fully saturated rings. The number of nitrogens with one attached hydrogen (secondary N) is 1. The van der Waals surface area contributed by atoms with E-state index in [2.05, 4.69) is 5.32 Å². The first-order chi connectivity index (χ1) is 8.65. The molecule has 0 aliphatic carbocycles. The summed E-state index contributed by atoms with van der Waals surface area (Å²) < 4.78 is 5.52. The minimum atomic E-state index is 0.162. The Morgan fingerprint density at radius 2 is 2.06 bits per heavy atom. The van der Waals surface area contributed by atoms with Gasteiger partial charge in [0, 0.05) is 27.1 Å². The fourth-order valence-corrected chi connectivity index (χ4v) is 1.58. The molecular formula is C14H22N2O2. The minimum Gasteiger partial charge on any atom is -0.492 e. The summed E-state index contributed by atoms with van der Waals surface area (Å²) in [6, 6.07) is 7.84. The van der Waals surface area contributed by atoms with E-state index in [9.17, 15) is 4.79 Å². The first-order valence-corrected chi connectivity index (χ1v) is 6.31. The average molecular weight is 250 g/mol. The van der Waals surface area contributed by atoms with Gasteiger partial charge in [0.15, 0.2) is 0 Å². The third-order valence-electron chi connectivity index (χ3n) is 2.57. The second-order valence-corrected chi connectivity index (χ2v) is 4.25. The molecule has 0 radical (unpaired) electrons. The number of amides is 1. The molecule has 1 N–H and O–H groups in total. The van der Waals surface area contributed by atoms with E-state index in [4.69, 9.17) is 4.74 Å². The molecule has 0 unspecified atom stereocenters. The minimum absolute atomic E-state index is 0.162. The molecule has 0 aliphatic heterocycles. The summed E-state index contributed by atoms with van der Waals surface area (Å²) in [6.07, 6.45) is 1.38. The van der Waals surface area contributed by atoms with Crippen LogP contribution >= 0.6 is 0 Å². The molecule has 0 aliphatic rings. The summed E-state index contributed by atoms with van der Waals surface area (Å²) in [5, 5.41) is 3.30. The summed E-state index contributed by atoms with van der Waals surface area (Å²) in [5.41, 5.74) is 0.983. The van der Waals surface area contributed by atoms with Gasteiger partial charge in [0.05, 0.1) is 12.3 Å². The van der Waals surface area contributed by atoms with Gasteiger partial charge in [0.1, 0.15) is 5.75 Å². The van der Waals surface area contributed by atoms with Crippen LogP contribution in [-0.4, -0.2) is 38.1 Å². The maximum Gasteiger partial charge on any atom is 0.222 e. The lowest BCUT2D eigenvalue weighted by atomic mass is 10.2. The molecule has 0 aromatic heterocycles. The molecule has 0 atom stereocenters. The van der Waals surface area contributed by atoms with Crippen molar-refractivity contribution in [3.63, 3.8) is 0 Å². The monoisotopic (exact) mass is 250 g/mol. The van der Waals surface area contributed by atoms with Gasteiger partial charge in [-0.1, -0.05) is 12.1 Å². The number of rotatable bonds is 7. The van der Waals surface area contributed by atoms with Crippen LogP contribution in [0, 0.1) is 0 Å². The van der Waals surface area contributed by atoms with Gasteiger partial charge in [-0.3, -0.25) is 4.79 Å². The van der Waals surface area contributed by atoms with Crippen molar-refractivity contribution in [2.24, 2.45) is 0 Å². The molecule has 18 heavy (non-hydrogen) atoms. The van der Waals surface area contributed by atoms with Crippen LogP contribution in [0.25, 0.3) is 0 Å². The number of nitrogens with zero attached hydrogens (tertiary/aromatic N) is 1. The van der Waals surface area contributed by atoms with Gasteiger partial charge in [0.2, 0.25) is 5.91 Å². The summed E-state index contributed by atoms with van der Waals surface area (Å²) in [5.74, 6) is 1.02. The summed E-state index contributed by atoms with van der Waals surface area (Å²) in [4.78, 5) is 13.0. The Bertz CT molecular complexity index is 378. The number of carbonyl (C=O) groups excluding carboxylic acids is 1. The molecule has 4 heteroatoms. The largest absolute Gasteiger partial charge is 0.492 e. The molecule has 100 valence electrons. The van der Waals surface area contributed by atoms with E-state index < -0.39 is 0 Å². The van der Waals surface area contributed by atoms with Crippen molar-refractivity contribution >= 4 is 11.6 Å². The highest BCUT2D eigenvalue weighted by Gasteiger charge is 2.04. The second kappa shape index (κ2) is 7.58. The molecule has 0 saturated heterocycles. The van der Waals surface area contributed by atoms with Crippen molar-refractivity contribution in [3.05, 3.63) is 24.3 Å². The molecule has 0 spiro atoms. The van der Waals surface area contributed by atoms with Crippen LogP contribution in [0.2, 0.25) is 0 Å². The van der Waals surface area contributed by atoms with Gasteiger partial charge >= 0.3 is 0 Å². The van der Waals surface area contributed by atoms with E-state index >= 15 is 0 Å². The number of hydrogen-bond acceptors (Lipinski definition) is 3. The molecule has 0 saturated carbocycles. The number of para-hydroxylation sites is 2. The predicted molar refractivity (Wildman–Crippen MR) is 74.0 cm³/mol. The smallest absolute Gasteiger partial charge is 0.222 e. The first-order valence-electron chi connectivity index (χ1n) is 6.31. The van der Waals surface area contributed by atoms with Crippen molar-refractivity contribution in [2.45, 2.75) is 19.8 Å². The number of hydrogen-bond donors (Lipinski definition) is 1. The van der Waals surface area contributed by atoms with E-state index in [1.165, 1.54) is 0 Å². The first kappa shape index (κ1) is 14.4. The summed E-state index contributed by atoms with van der Waals surface area (Å²) in [7, 11) is 3.56. The highest BCUT2D eigenvalue weighted by Crippen LogP contribution is 2.23. The van der Waals surface area contributed by atoms with Gasteiger partial charge in [-0.2, -0.15) is 0 Å². The standard InChI is InChI=1S/C14H22N2O2/c1-4-18-13-9-6-5-8-12(13)15-11-7-10-14(17)16(2)3/h5-6,8-9,15H,4,7,10-11H2,1-3H3. The summed E-state index contributed by atoms with van der Waals surface area (Å²) in [6.45, 7) is 3.38. The highest BCUT2D eigenvalue weighted by atomic mass is 16.5. The quantitative estimate of drug-likeness (QED) is 0.755. The lowest BCUT2D eigenvalue weighted by Gasteiger charge is -2.13. The maximum absolute atomic E-state index is 11.4. The molecule has 1 rings (SSSR count). The lowest BCUT2D eigenvalue weighted by Crippen LogP contribution is -2.22. The highest BCUT2D eigenvalue weighted by molar-refractivity contribution is 5.75. The van der Waals surface area contributed by atoms with E-state index in [0.29, 0.717) is 13.0 Å². The zero-order valence-electron chi connectivity index (χ0n) is 11.4. The molecule has 0 heterocycles. The van der Waals surface area contributed by atoms with Gasteiger partial charge in [-0.25, -0.2) is 0 Å². The van der Waals surface area contributed by atoms with E-state index in [1.54, 1.807) is 19.0 Å². The summed E-state index contributed by atoms with van der Waals surface area (Å²) >= 11 is 0. The maximum atomic E-state index is 11.4. The van der Waals surface area contributed by atoms with Gasteiger partial charge in [0.25, 0.3) is 0 Å². The van der Waals surface area contributed by atoms with E-state index in [0.717, 1.165) is 24.4 Å². The zero-order chi connectivity index (χ0) is 13.4. The Hall–Kier alpha value is -1.71. The van der Waals surface area contributed by atoms with Crippen molar-refractivity contribution in [1.82, 2.24) is 4.90 Å². The molecular weight excluding hydrogens is 228 g/mol. The Labute approximate surface area is 109 Å². The van der Waals surface area contributed by atoms with Crippen LogP contribution in [0.3, 0.4) is 0 Å². The van der Waals surface area contributed by atoms with Crippen molar-refractivity contribution < 1.29 is 9.53 Å². The number of benzene rings is 1. The molecule has 1 aromatic carbocycles. The van der Waals surface area contributed by atoms with Gasteiger partial charge in [-0.05, 0) is 25.5 Å². The van der Waals surface area contributed by atoms with E-state index in [1.807, 2.05) is 31.2 Å².